The van der Waals surface area contributed by atoms with Crippen LogP contribution in [-0.2, 0) is 9.59 Å². The van der Waals surface area contributed by atoms with Crippen LogP contribution < -0.4 is 16.1 Å². The van der Waals surface area contributed by atoms with Gasteiger partial charge < -0.3 is 10.6 Å². The SMILES string of the molecule is CC(=O)Nc1ccc(C(=O)N/N=C(\C)CC(=O)Nc2ccc(Cl)cc2C)cc1. The third-order valence-electron chi connectivity index (χ3n) is 3.69. The van der Waals surface area contributed by atoms with Crippen LogP contribution in [0.5, 0.6) is 0 Å². The molecule has 3 amide bonds. The quantitative estimate of drug-likeness (QED) is 0.508. The van der Waals surface area contributed by atoms with Crippen LogP contribution in [0.25, 0.3) is 0 Å². The largest absolute Gasteiger partial charge is 0.326 e. The molecule has 0 saturated carbocycles. The Morgan fingerprint density at radius 3 is 2.29 bits per heavy atom. The van der Waals surface area contributed by atoms with E-state index in [1.807, 2.05) is 6.92 Å². The molecular formula is C20H21ClN4O3. The molecule has 146 valence electrons. The van der Waals surface area contributed by atoms with Gasteiger partial charge in [-0.05, 0) is 61.9 Å². The van der Waals surface area contributed by atoms with Crippen LogP contribution in [0.3, 0.4) is 0 Å². The molecule has 0 aromatic heterocycles. The minimum absolute atomic E-state index is 0.0316. The van der Waals surface area contributed by atoms with E-state index < -0.39 is 5.91 Å². The zero-order valence-corrected chi connectivity index (χ0v) is 16.6. The van der Waals surface area contributed by atoms with Crippen LogP contribution in [0.2, 0.25) is 5.02 Å². The number of rotatable bonds is 6. The van der Waals surface area contributed by atoms with Crippen molar-refractivity contribution in [2.45, 2.75) is 27.2 Å². The molecule has 0 atom stereocenters. The predicted octanol–water partition coefficient (Wildman–Crippen LogP) is 3.74. The fraction of sp³-hybridized carbons (Fsp3) is 0.200. The number of hydrogen-bond donors (Lipinski definition) is 3. The molecule has 0 fully saturated rings. The number of benzene rings is 2. The molecule has 2 rings (SSSR count). The van der Waals surface area contributed by atoms with E-state index in [0.717, 1.165) is 5.56 Å². The smallest absolute Gasteiger partial charge is 0.271 e. The summed E-state index contributed by atoms with van der Waals surface area (Å²) in [7, 11) is 0. The predicted molar refractivity (Wildman–Crippen MR) is 111 cm³/mol. The van der Waals surface area contributed by atoms with Crippen molar-refractivity contribution in [2.75, 3.05) is 10.6 Å². The van der Waals surface area contributed by atoms with Crippen LogP contribution in [0.1, 0.15) is 36.2 Å². The second kappa shape index (κ2) is 9.66. The summed E-state index contributed by atoms with van der Waals surface area (Å²) in [6.07, 6.45) is 0.0316. The lowest BCUT2D eigenvalue weighted by atomic mass is 10.2. The Labute approximate surface area is 168 Å². The first kappa shape index (κ1) is 21.1. The van der Waals surface area contributed by atoms with Crippen molar-refractivity contribution >= 4 is 46.4 Å². The van der Waals surface area contributed by atoms with Gasteiger partial charge in [-0.1, -0.05) is 11.6 Å². The zero-order valence-electron chi connectivity index (χ0n) is 15.8. The van der Waals surface area contributed by atoms with E-state index in [-0.39, 0.29) is 18.2 Å². The van der Waals surface area contributed by atoms with Crippen molar-refractivity contribution in [3.63, 3.8) is 0 Å². The van der Waals surface area contributed by atoms with Gasteiger partial charge in [0.2, 0.25) is 11.8 Å². The van der Waals surface area contributed by atoms with Gasteiger partial charge in [0.15, 0.2) is 0 Å². The molecule has 0 saturated heterocycles. The summed E-state index contributed by atoms with van der Waals surface area (Å²) in [5.41, 5.74) is 5.36. The first-order chi connectivity index (χ1) is 13.2. The van der Waals surface area contributed by atoms with Crippen LogP contribution in [0, 0.1) is 6.92 Å². The van der Waals surface area contributed by atoms with Gasteiger partial charge in [-0.25, -0.2) is 5.43 Å². The maximum atomic E-state index is 12.1. The molecule has 0 aliphatic rings. The maximum Gasteiger partial charge on any atom is 0.271 e. The number of anilines is 2. The molecule has 0 unspecified atom stereocenters. The number of hydrazone groups is 1. The summed E-state index contributed by atoms with van der Waals surface area (Å²) in [6, 6.07) is 11.6. The summed E-state index contributed by atoms with van der Waals surface area (Å²) in [6.45, 7) is 4.90. The molecule has 3 N–H and O–H groups in total. The lowest BCUT2D eigenvalue weighted by Gasteiger charge is -2.09. The second-order valence-electron chi connectivity index (χ2n) is 6.23. The molecule has 28 heavy (non-hydrogen) atoms. The number of halogens is 1. The first-order valence-electron chi connectivity index (χ1n) is 8.52. The summed E-state index contributed by atoms with van der Waals surface area (Å²) in [4.78, 5) is 35.2. The highest BCUT2D eigenvalue weighted by atomic mass is 35.5. The summed E-state index contributed by atoms with van der Waals surface area (Å²) < 4.78 is 0. The van der Waals surface area contributed by atoms with Gasteiger partial charge in [-0.15, -0.1) is 0 Å². The topological polar surface area (TPSA) is 99.7 Å². The van der Waals surface area contributed by atoms with Gasteiger partial charge >= 0.3 is 0 Å². The first-order valence-corrected chi connectivity index (χ1v) is 8.89. The van der Waals surface area contributed by atoms with E-state index in [1.165, 1.54) is 6.92 Å². The number of amides is 3. The lowest BCUT2D eigenvalue weighted by molar-refractivity contribution is -0.115. The Morgan fingerprint density at radius 2 is 1.68 bits per heavy atom. The van der Waals surface area contributed by atoms with Gasteiger partial charge in [0, 0.05) is 34.6 Å². The van der Waals surface area contributed by atoms with E-state index in [1.54, 1.807) is 49.4 Å². The summed E-state index contributed by atoms with van der Waals surface area (Å²) in [5, 5.41) is 9.96. The van der Waals surface area contributed by atoms with Crippen molar-refractivity contribution in [3.8, 4) is 0 Å². The number of carbonyl (C=O) groups is 3. The van der Waals surface area contributed by atoms with E-state index in [0.29, 0.717) is 27.7 Å². The maximum absolute atomic E-state index is 12.1. The highest BCUT2D eigenvalue weighted by molar-refractivity contribution is 6.30. The molecule has 7 nitrogen and oxygen atoms in total. The number of hydrogen-bond acceptors (Lipinski definition) is 4. The molecule has 8 heteroatoms. The highest BCUT2D eigenvalue weighted by Gasteiger charge is 2.09. The average Bonchev–Trinajstić information content (AvgIpc) is 2.62. The monoisotopic (exact) mass is 400 g/mol. The van der Waals surface area contributed by atoms with E-state index >= 15 is 0 Å². The van der Waals surface area contributed by atoms with E-state index in [2.05, 4.69) is 21.2 Å². The Morgan fingerprint density at radius 1 is 1.00 bits per heavy atom. The third kappa shape index (κ3) is 6.51. The van der Waals surface area contributed by atoms with Crippen molar-refractivity contribution in [2.24, 2.45) is 5.10 Å². The van der Waals surface area contributed by atoms with E-state index in [9.17, 15) is 14.4 Å². The van der Waals surface area contributed by atoms with Crippen molar-refractivity contribution in [1.82, 2.24) is 5.43 Å². The molecule has 0 aliphatic heterocycles. The Hall–Kier alpha value is -3.19. The van der Waals surface area contributed by atoms with Crippen LogP contribution in [-0.4, -0.2) is 23.4 Å². The highest BCUT2D eigenvalue weighted by Crippen LogP contribution is 2.19. The van der Waals surface area contributed by atoms with Crippen LogP contribution in [0.4, 0.5) is 11.4 Å². The number of carbonyl (C=O) groups excluding carboxylic acids is 3. The molecule has 2 aromatic carbocycles. The van der Waals surface area contributed by atoms with Gasteiger partial charge in [-0.3, -0.25) is 14.4 Å². The van der Waals surface area contributed by atoms with Crippen LogP contribution in [0.15, 0.2) is 47.6 Å². The lowest BCUT2D eigenvalue weighted by Crippen LogP contribution is -2.21. The minimum atomic E-state index is -0.414. The fourth-order valence-corrected chi connectivity index (χ4v) is 2.58. The number of aryl methyl sites for hydroxylation is 1. The normalized spacial score (nSPS) is 10.9. The fourth-order valence-electron chi connectivity index (χ4n) is 2.35. The Balaban J connectivity index is 1.89. The second-order valence-corrected chi connectivity index (χ2v) is 6.67. The van der Waals surface area contributed by atoms with Gasteiger partial charge in [0.05, 0.1) is 6.42 Å². The number of nitrogens with zero attached hydrogens (tertiary/aromatic N) is 1. The van der Waals surface area contributed by atoms with Gasteiger partial charge in [0.1, 0.15) is 0 Å². The van der Waals surface area contributed by atoms with Gasteiger partial charge in [0.25, 0.3) is 5.91 Å². The Kier molecular flexibility index (Phi) is 7.28. The van der Waals surface area contributed by atoms with Crippen molar-refractivity contribution < 1.29 is 14.4 Å². The third-order valence-corrected chi connectivity index (χ3v) is 3.93. The number of nitrogens with one attached hydrogen (secondary N) is 3. The molecule has 0 spiro atoms. The molecule has 2 aromatic rings. The standard InChI is InChI=1S/C20H21ClN4O3/c1-12-10-16(21)6-9-18(12)23-19(27)11-13(2)24-25-20(28)15-4-7-17(8-5-15)22-14(3)26/h4-10H,11H2,1-3H3,(H,22,26)(H,23,27)(H,25,28)/b24-13+. The molecule has 0 heterocycles. The molecule has 0 aliphatic carbocycles. The minimum Gasteiger partial charge on any atom is -0.326 e. The van der Waals surface area contributed by atoms with Gasteiger partial charge in [-0.2, -0.15) is 5.10 Å². The zero-order chi connectivity index (χ0) is 20.7. The average molecular weight is 401 g/mol. The molecule has 0 radical (unpaired) electrons. The van der Waals surface area contributed by atoms with E-state index in [4.69, 9.17) is 11.6 Å². The molecule has 0 bridgehead atoms. The van der Waals surface area contributed by atoms with Crippen LogP contribution >= 0.6 is 11.6 Å². The van der Waals surface area contributed by atoms with Crippen molar-refractivity contribution in [3.05, 3.63) is 58.6 Å². The van der Waals surface area contributed by atoms with Crippen molar-refractivity contribution in [1.29, 1.82) is 0 Å². The molecular weight excluding hydrogens is 380 g/mol. The summed E-state index contributed by atoms with van der Waals surface area (Å²) >= 11 is 5.90. The Bertz CT molecular complexity index is 924. The summed E-state index contributed by atoms with van der Waals surface area (Å²) in [5.74, 6) is -0.854.